The van der Waals surface area contributed by atoms with Gasteiger partial charge in [0.15, 0.2) is 0 Å². The Labute approximate surface area is 163 Å². The second-order valence-electron chi connectivity index (χ2n) is 5.93. The summed E-state index contributed by atoms with van der Waals surface area (Å²) in [6.45, 7) is 3.60. The van der Waals surface area contributed by atoms with Crippen molar-refractivity contribution in [1.82, 2.24) is 0 Å². The molecule has 2 aromatic carbocycles. The van der Waals surface area contributed by atoms with Gasteiger partial charge in [-0.1, -0.05) is 6.07 Å². The highest BCUT2D eigenvalue weighted by atomic mass is 16.5. The molecule has 0 unspecified atom stereocenters. The quantitative estimate of drug-likeness (QED) is 0.745. The second-order valence-corrected chi connectivity index (χ2v) is 5.93. The molecule has 0 fully saturated rings. The number of ether oxygens (including phenoxy) is 1. The molecule has 1 N–H and O–H groups in total. The molecule has 0 heterocycles. The third kappa shape index (κ3) is 5.68. The van der Waals surface area contributed by atoms with Gasteiger partial charge in [0.1, 0.15) is 0 Å². The maximum atomic E-state index is 12.2. The fourth-order valence-electron chi connectivity index (χ4n) is 2.56. The minimum atomic E-state index is -0.428. The summed E-state index contributed by atoms with van der Waals surface area (Å²) in [7, 11) is 0. The number of rotatable bonds is 7. The monoisotopic (exact) mass is 379 g/mol. The van der Waals surface area contributed by atoms with Crippen LogP contribution >= 0.6 is 0 Å². The van der Waals surface area contributed by atoms with Gasteiger partial charge in [0, 0.05) is 31.3 Å². The Bertz CT molecular complexity index is 901. The molecule has 7 nitrogen and oxygen atoms in total. The van der Waals surface area contributed by atoms with Crippen LogP contribution in [0.2, 0.25) is 0 Å². The fourth-order valence-corrected chi connectivity index (χ4v) is 2.56. The molecule has 0 aliphatic heterocycles. The van der Waals surface area contributed by atoms with Crippen molar-refractivity contribution < 1.29 is 19.1 Å². The molecule has 144 valence electrons. The number of nitrogens with one attached hydrogen (secondary N) is 1. The summed E-state index contributed by atoms with van der Waals surface area (Å²) in [6, 6.07) is 15.0. The number of hydrogen-bond donors (Lipinski definition) is 1. The first-order chi connectivity index (χ1) is 13.4. The first kappa shape index (κ1) is 20.6. The molecule has 2 rings (SSSR count). The number of carbonyl (C=O) groups is 3. The van der Waals surface area contributed by atoms with Gasteiger partial charge in [-0.2, -0.15) is 5.26 Å². The van der Waals surface area contributed by atoms with E-state index in [2.05, 4.69) is 5.32 Å². The predicted molar refractivity (Wildman–Crippen MR) is 105 cm³/mol. The molecule has 0 bridgehead atoms. The maximum absolute atomic E-state index is 12.2. The molecule has 0 saturated heterocycles. The van der Waals surface area contributed by atoms with E-state index < -0.39 is 5.97 Å². The Balaban J connectivity index is 2.00. The lowest BCUT2D eigenvalue weighted by Crippen LogP contribution is -2.32. The van der Waals surface area contributed by atoms with E-state index >= 15 is 0 Å². The zero-order chi connectivity index (χ0) is 20.5. The van der Waals surface area contributed by atoms with Gasteiger partial charge < -0.3 is 15.0 Å². The van der Waals surface area contributed by atoms with Crippen LogP contribution in [-0.4, -0.2) is 30.9 Å². The molecule has 0 aliphatic rings. The lowest BCUT2D eigenvalue weighted by molar-refractivity contribution is -0.117. The molecule has 0 radical (unpaired) electrons. The third-order valence-electron chi connectivity index (χ3n) is 3.91. The zero-order valence-electron chi connectivity index (χ0n) is 15.8. The van der Waals surface area contributed by atoms with E-state index in [1.54, 1.807) is 55.5 Å². The summed E-state index contributed by atoms with van der Waals surface area (Å²) in [5, 5.41) is 11.6. The summed E-state index contributed by atoms with van der Waals surface area (Å²) in [5.74, 6) is -0.921. The Hall–Kier alpha value is -3.66. The number of anilines is 2. The van der Waals surface area contributed by atoms with Crippen LogP contribution < -0.4 is 10.2 Å². The molecule has 0 spiro atoms. The van der Waals surface area contributed by atoms with Crippen LogP contribution in [0.4, 0.5) is 11.4 Å². The van der Waals surface area contributed by atoms with Crippen LogP contribution in [0, 0.1) is 11.3 Å². The summed E-state index contributed by atoms with van der Waals surface area (Å²) < 4.78 is 4.94. The lowest BCUT2D eigenvalue weighted by atomic mass is 10.2. The van der Waals surface area contributed by atoms with Crippen LogP contribution in [0.25, 0.3) is 0 Å². The van der Waals surface area contributed by atoms with Gasteiger partial charge in [0.25, 0.3) is 0 Å². The van der Waals surface area contributed by atoms with E-state index in [0.29, 0.717) is 22.5 Å². The summed E-state index contributed by atoms with van der Waals surface area (Å²) in [5.41, 5.74) is 1.95. The largest absolute Gasteiger partial charge is 0.462 e. The Kier molecular flexibility index (Phi) is 7.28. The van der Waals surface area contributed by atoms with E-state index in [-0.39, 0.29) is 31.4 Å². The van der Waals surface area contributed by atoms with E-state index in [1.165, 1.54) is 11.8 Å². The summed E-state index contributed by atoms with van der Waals surface area (Å²) >= 11 is 0. The first-order valence-corrected chi connectivity index (χ1v) is 8.80. The van der Waals surface area contributed by atoms with Crippen molar-refractivity contribution in [2.24, 2.45) is 0 Å². The average Bonchev–Trinajstić information content (AvgIpc) is 2.68. The smallest absolute Gasteiger partial charge is 0.338 e. The molecule has 2 amide bonds. The van der Waals surface area contributed by atoms with Gasteiger partial charge in [0.2, 0.25) is 11.8 Å². The number of carbonyl (C=O) groups excluding carboxylic acids is 3. The summed E-state index contributed by atoms with van der Waals surface area (Å²) in [6.07, 6.45) is 0.0794. The molecular formula is C21H21N3O4. The van der Waals surface area contributed by atoms with Gasteiger partial charge in [-0.15, -0.1) is 0 Å². The number of nitriles is 1. The molecule has 0 aromatic heterocycles. The number of amides is 2. The minimum absolute atomic E-state index is 0.0794. The van der Waals surface area contributed by atoms with Gasteiger partial charge in [-0.05, 0) is 49.4 Å². The molecule has 0 saturated carbocycles. The van der Waals surface area contributed by atoms with Crippen LogP contribution in [0.1, 0.15) is 36.2 Å². The number of nitrogens with zero attached hydrogens (tertiary/aromatic N) is 2. The highest BCUT2D eigenvalue weighted by molar-refractivity contribution is 5.95. The van der Waals surface area contributed by atoms with Crippen LogP contribution in [0.15, 0.2) is 48.5 Å². The minimum Gasteiger partial charge on any atom is -0.462 e. The second kappa shape index (κ2) is 9.88. The van der Waals surface area contributed by atoms with Crippen molar-refractivity contribution in [3.63, 3.8) is 0 Å². The van der Waals surface area contributed by atoms with Gasteiger partial charge in [-0.3, -0.25) is 9.59 Å². The topological polar surface area (TPSA) is 99.5 Å². The van der Waals surface area contributed by atoms with Crippen molar-refractivity contribution >= 4 is 29.2 Å². The molecule has 7 heteroatoms. The standard InChI is InChI=1S/C21H21N3O4/c1-3-28-21(27)17-7-9-19(10-8-17)24(15(2)25)12-11-20(26)23-18-6-4-5-16(13-18)14-22/h4-10,13H,3,11-12H2,1-2H3,(H,23,26). The molecular weight excluding hydrogens is 358 g/mol. The molecule has 0 atom stereocenters. The Morgan fingerprint density at radius 1 is 1.14 bits per heavy atom. The van der Waals surface area contributed by atoms with E-state index in [0.717, 1.165) is 0 Å². The van der Waals surface area contributed by atoms with Crippen LogP contribution in [-0.2, 0) is 14.3 Å². The molecule has 2 aromatic rings. The van der Waals surface area contributed by atoms with Crippen molar-refractivity contribution in [1.29, 1.82) is 5.26 Å². The predicted octanol–water partition coefficient (Wildman–Crippen LogP) is 3.12. The van der Waals surface area contributed by atoms with E-state index in [1.807, 2.05) is 6.07 Å². The lowest BCUT2D eigenvalue weighted by Gasteiger charge is -2.21. The molecule has 0 aliphatic carbocycles. The Morgan fingerprint density at radius 2 is 1.86 bits per heavy atom. The number of esters is 1. The Morgan fingerprint density at radius 3 is 2.46 bits per heavy atom. The van der Waals surface area contributed by atoms with Crippen molar-refractivity contribution in [3.05, 3.63) is 59.7 Å². The first-order valence-electron chi connectivity index (χ1n) is 8.80. The highest BCUT2D eigenvalue weighted by Gasteiger charge is 2.15. The normalized spacial score (nSPS) is 9.89. The van der Waals surface area contributed by atoms with Gasteiger partial charge >= 0.3 is 5.97 Å². The van der Waals surface area contributed by atoms with Gasteiger partial charge in [0.05, 0.1) is 23.8 Å². The van der Waals surface area contributed by atoms with Crippen molar-refractivity contribution in [3.8, 4) is 6.07 Å². The van der Waals surface area contributed by atoms with Crippen molar-refractivity contribution in [2.75, 3.05) is 23.4 Å². The highest BCUT2D eigenvalue weighted by Crippen LogP contribution is 2.17. The SMILES string of the molecule is CCOC(=O)c1ccc(N(CCC(=O)Nc2cccc(C#N)c2)C(C)=O)cc1. The number of benzene rings is 2. The zero-order valence-corrected chi connectivity index (χ0v) is 15.8. The molecule has 28 heavy (non-hydrogen) atoms. The third-order valence-corrected chi connectivity index (χ3v) is 3.91. The van der Waals surface area contributed by atoms with Crippen LogP contribution in [0.5, 0.6) is 0 Å². The average molecular weight is 379 g/mol. The van der Waals surface area contributed by atoms with Gasteiger partial charge in [-0.25, -0.2) is 4.79 Å². The van der Waals surface area contributed by atoms with Crippen LogP contribution in [0.3, 0.4) is 0 Å². The maximum Gasteiger partial charge on any atom is 0.338 e. The van der Waals surface area contributed by atoms with E-state index in [4.69, 9.17) is 10.00 Å². The number of hydrogen-bond acceptors (Lipinski definition) is 5. The van der Waals surface area contributed by atoms with E-state index in [9.17, 15) is 14.4 Å². The van der Waals surface area contributed by atoms with Crippen molar-refractivity contribution in [2.45, 2.75) is 20.3 Å². The summed E-state index contributed by atoms with van der Waals surface area (Å²) in [4.78, 5) is 37.4. The fraction of sp³-hybridized carbons (Fsp3) is 0.238.